The molecule has 0 aliphatic rings. The molecule has 0 atom stereocenters. The Morgan fingerprint density at radius 3 is 2.63 bits per heavy atom. The summed E-state index contributed by atoms with van der Waals surface area (Å²) in [4.78, 5) is 24.7. The van der Waals surface area contributed by atoms with Gasteiger partial charge in [-0.15, -0.1) is 0 Å². The molecule has 0 radical (unpaired) electrons. The van der Waals surface area contributed by atoms with Crippen molar-refractivity contribution in [1.29, 1.82) is 0 Å². The maximum Gasteiger partial charge on any atom is 0.280 e. The van der Waals surface area contributed by atoms with Crippen molar-refractivity contribution >= 4 is 22.9 Å². The molecule has 7 heteroatoms. The summed E-state index contributed by atoms with van der Waals surface area (Å²) in [6, 6.07) is 22.7. The van der Waals surface area contributed by atoms with Gasteiger partial charge in [0.25, 0.3) is 11.5 Å². The minimum absolute atomic E-state index is 0.189. The number of hydrogen-bond donors (Lipinski definition) is 2. The van der Waals surface area contributed by atoms with Crippen molar-refractivity contribution in [2.75, 3.05) is 6.61 Å². The van der Waals surface area contributed by atoms with Gasteiger partial charge in [0.05, 0.1) is 17.5 Å². The van der Waals surface area contributed by atoms with E-state index < -0.39 is 5.91 Å². The summed E-state index contributed by atoms with van der Waals surface area (Å²) < 4.78 is 7.07. The number of carbonyl (C=O) groups is 1. The predicted octanol–water partition coefficient (Wildman–Crippen LogP) is 3.16. The second-order valence-corrected chi connectivity index (χ2v) is 6.69. The minimum atomic E-state index is -0.421. The normalized spacial score (nSPS) is 11.1. The molecule has 150 valence electrons. The summed E-state index contributed by atoms with van der Waals surface area (Å²) in [5.41, 5.74) is 3.89. The highest BCUT2D eigenvalue weighted by molar-refractivity contribution is 5.89. The highest BCUT2D eigenvalue weighted by Gasteiger charge is 2.11. The number of carbonyl (C=O) groups excluding carboxylic acids is 1. The molecule has 4 rings (SSSR count). The van der Waals surface area contributed by atoms with Crippen LogP contribution in [0.1, 0.15) is 11.3 Å². The van der Waals surface area contributed by atoms with Gasteiger partial charge in [0.1, 0.15) is 5.75 Å². The quantitative estimate of drug-likeness (QED) is 0.385. The van der Waals surface area contributed by atoms with Crippen molar-refractivity contribution in [2.45, 2.75) is 6.92 Å². The largest absolute Gasteiger partial charge is 0.483 e. The molecule has 30 heavy (non-hydrogen) atoms. The summed E-state index contributed by atoms with van der Waals surface area (Å²) in [6.07, 6.45) is 1.34. The second kappa shape index (κ2) is 8.48. The third-order valence-corrected chi connectivity index (χ3v) is 4.62. The molecule has 3 aromatic carbocycles. The van der Waals surface area contributed by atoms with Crippen LogP contribution in [0.2, 0.25) is 0 Å². The number of rotatable bonds is 6. The van der Waals surface area contributed by atoms with Crippen LogP contribution in [0, 0.1) is 6.92 Å². The molecular formula is C23H20N4O3. The zero-order chi connectivity index (χ0) is 20.9. The number of para-hydroxylation sites is 1. The first-order valence-corrected chi connectivity index (χ1v) is 9.43. The smallest absolute Gasteiger partial charge is 0.280 e. The first kappa shape index (κ1) is 19.2. The Morgan fingerprint density at radius 2 is 1.80 bits per heavy atom. The van der Waals surface area contributed by atoms with Crippen molar-refractivity contribution in [2.24, 2.45) is 5.10 Å². The van der Waals surface area contributed by atoms with Crippen molar-refractivity contribution in [3.05, 3.63) is 94.4 Å². The van der Waals surface area contributed by atoms with Gasteiger partial charge < -0.3 is 4.74 Å². The van der Waals surface area contributed by atoms with Crippen LogP contribution in [0.4, 0.5) is 0 Å². The highest BCUT2D eigenvalue weighted by atomic mass is 16.5. The van der Waals surface area contributed by atoms with Gasteiger partial charge in [0, 0.05) is 11.1 Å². The zero-order valence-corrected chi connectivity index (χ0v) is 16.3. The maximum atomic E-state index is 12.6. The van der Waals surface area contributed by atoms with Crippen molar-refractivity contribution in [3.8, 4) is 11.4 Å². The van der Waals surface area contributed by atoms with E-state index in [4.69, 9.17) is 4.74 Å². The fraction of sp³-hybridized carbons (Fsp3) is 0.0870. The third kappa shape index (κ3) is 4.00. The number of fused-ring (bicyclic) bond motifs is 1. The molecule has 0 bridgehead atoms. The highest BCUT2D eigenvalue weighted by Crippen LogP contribution is 2.24. The van der Waals surface area contributed by atoms with Crippen LogP contribution in [-0.2, 0) is 4.79 Å². The molecule has 0 fully saturated rings. The zero-order valence-electron chi connectivity index (χ0n) is 16.3. The lowest BCUT2D eigenvalue weighted by Crippen LogP contribution is -2.25. The first-order valence-electron chi connectivity index (χ1n) is 9.43. The lowest BCUT2D eigenvalue weighted by molar-refractivity contribution is -0.123. The Morgan fingerprint density at radius 1 is 1.07 bits per heavy atom. The standard InChI is InChI=1S/C23H20N4O3/c1-16-20(23(29)27(26-16)18-10-3-2-4-11-18)14-24-25-22(28)15-30-21-13-7-9-17-8-5-6-12-19(17)21/h2-14,26H,15H2,1H3,(H,25,28). The van der Waals surface area contributed by atoms with Crippen LogP contribution >= 0.6 is 0 Å². The summed E-state index contributed by atoms with van der Waals surface area (Å²) in [7, 11) is 0. The Hall–Kier alpha value is -4.13. The number of hydrazone groups is 1. The number of ether oxygens (including phenoxy) is 1. The number of aryl methyl sites for hydroxylation is 1. The van der Waals surface area contributed by atoms with Crippen LogP contribution in [0.25, 0.3) is 16.5 Å². The Balaban J connectivity index is 1.41. The van der Waals surface area contributed by atoms with Crippen molar-refractivity contribution in [3.63, 3.8) is 0 Å². The van der Waals surface area contributed by atoms with E-state index in [0.29, 0.717) is 17.0 Å². The van der Waals surface area contributed by atoms with Crippen molar-refractivity contribution < 1.29 is 9.53 Å². The molecule has 0 aliphatic heterocycles. The Kier molecular flexibility index (Phi) is 5.43. The monoisotopic (exact) mass is 400 g/mol. The fourth-order valence-corrected chi connectivity index (χ4v) is 3.14. The van der Waals surface area contributed by atoms with Gasteiger partial charge in [-0.25, -0.2) is 10.1 Å². The van der Waals surface area contributed by atoms with E-state index in [1.165, 1.54) is 10.9 Å². The van der Waals surface area contributed by atoms with Gasteiger partial charge in [-0.3, -0.25) is 14.7 Å². The van der Waals surface area contributed by atoms with Crippen LogP contribution in [0.5, 0.6) is 5.75 Å². The molecule has 0 saturated carbocycles. The molecule has 1 heterocycles. The van der Waals surface area contributed by atoms with Crippen LogP contribution in [-0.4, -0.2) is 28.5 Å². The van der Waals surface area contributed by atoms with Gasteiger partial charge in [0.2, 0.25) is 0 Å². The second-order valence-electron chi connectivity index (χ2n) is 6.69. The predicted molar refractivity (Wildman–Crippen MR) is 116 cm³/mol. The van der Waals surface area contributed by atoms with E-state index >= 15 is 0 Å². The lowest BCUT2D eigenvalue weighted by Gasteiger charge is -2.08. The number of nitrogens with zero attached hydrogens (tertiary/aromatic N) is 2. The number of nitrogens with one attached hydrogen (secondary N) is 2. The summed E-state index contributed by atoms with van der Waals surface area (Å²) in [5.74, 6) is 0.204. The summed E-state index contributed by atoms with van der Waals surface area (Å²) in [6.45, 7) is 1.58. The van der Waals surface area contributed by atoms with E-state index in [9.17, 15) is 9.59 Å². The molecule has 1 amide bonds. The average Bonchev–Trinajstić information content (AvgIpc) is 3.06. The van der Waals surface area contributed by atoms with Gasteiger partial charge in [-0.05, 0) is 30.5 Å². The molecular weight excluding hydrogens is 380 g/mol. The molecule has 0 aliphatic carbocycles. The maximum absolute atomic E-state index is 12.6. The molecule has 4 aromatic rings. The van der Waals surface area contributed by atoms with Crippen LogP contribution in [0.15, 0.2) is 82.7 Å². The van der Waals surface area contributed by atoms with E-state index in [-0.39, 0.29) is 12.2 Å². The summed E-state index contributed by atoms with van der Waals surface area (Å²) in [5, 5.41) is 8.88. The van der Waals surface area contributed by atoms with Gasteiger partial charge in [-0.2, -0.15) is 5.10 Å². The SMILES string of the molecule is Cc1[nH]n(-c2ccccc2)c(=O)c1C=NNC(=O)COc1cccc2ccccc12. The average molecular weight is 400 g/mol. The van der Waals surface area contributed by atoms with Gasteiger partial charge in [-0.1, -0.05) is 54.6 Å². The van der Waals surface area contributed by atoms with Gasteiger partial charge >= 0.3 is 0 Å². The molecule has 0 spiro atoms. The molecule has 1 aromatic heterocycles. The van der Waals surface area contributed by atoms with E-state index in [2.05, 4.69) is 15.6 Å². The first-order chi connectivity index (χ1) is 14.6. The lowest BCUT2D eigenvalue weighted by atomic mass is 10.1. The number of aromatic nitrogens is 2. The fourth-order valence-electron chi connectivity index (χ4n) is 3.14. The van der Waals surface area contributed by atoms with Crippen LogP contribution < -0.4 is 15.7 Å². The van der Waals surface area contributed by atoms with E-state index in [1.54, 1.807) is 6.92 Å². The number of H-pyrrole nitrogens is 1. The number of benzene rings is 3. The molecule has 0 saturated heterocycles. The molecule has 7 nitrogen and oxygen atoms in total. The number of hydrogen-bond acceptors (Lipinski definition) is 4. The summed E-state index contributed by atoms with van der Waals surface area (Å²) >= 11 is 0. The number of amides is 1. The topological polar surface area (TPSA) is 88.5 Å². The van der Waals surface area contributed by atoms with Crippen molar-refractivity contribution in [1.82, 2.24) is 15.2 Å². The van der Waals surface area contributed by atoms with Crippen LogP contribution in [0.3, 0.4) is 0 Å². The number of aromatic amines is 1. The van der Waals surface area contributed by atoms with E-state index in [0.717, 1.165) is 16.5 Å². The molecule has 0 unspecified atom stereocenters. The Labute approximate surface area is 172 Å². The molecule has 2 N–H and O–H groups in total. The van der Waals surface area contributed by atoms with Gasteiger partial charge in [0.15, 0.2) is 6.61 Å². The third-order valence-electron chi connectivity index (χ3n) is 4.62. The van der Waals surface area contributed by atoms with E-state index in [1.807, 2.05) is 72.8 Å². The Bertz CT molecular complexity index is 1270. The minimum Gasteiger partial charge on any atom is -0.483 e.